The van der Waals surface area contributed by atoms with Crippen LogP contribution in [0.15, 0.2) is 12.0 Å². The Bertz CT molecular complexity index is 296. The Morgan fingerprint density at radius 1 is 1.50 bits per heavy atom. The maximum absolute atomic E-state index is 11.4. The lowest BCUT2D eigenvalue weighted by Crippen LogP contribution is -2.40. The van der Waals surface area contributed by atoms with Crippen molar-refractivity contribution < 1.29 is 9.53 Å². The third-order valence-electron chi connectivity index (χ3n) is 3.47. The van der Waals surface area contributed by atoms with E-state index in [1.165, 1.54) is 0 Å². The molecule has 90 valence electrons. The third-order valence-corrected chi connectivity index (χ3v) is 3.47. The molecule has 0 saturated heterocycles. The van der Waals surface area contributed by atoms with E-state index in [2.05, 4.69) is 10.7 Å². The van der Waals surface area contributed by atoms with E-state index in [-0.39, 0.29) is 18.1 Å². The van der Waals surface area contributed by atoms with E-state index in [9.17, 15) is 4.79 Å². The highest BCUT2D eigenvalue weighted by Crippen LogP contribution is 2.32. The summed E-state index contributed by atoms with van der Waals surface area (Å²) >= 11 is 0. The molecule has 0 spiro atoms. The van der Waals surface area contributed by atoms with Gasteiger partial charge in [-0.15, -0.1) is 0 Å². The van der Waals surface area contributed by atoms with Gasteiger partial charge in [-0.25, -0.2) is 5.84 Å². The van der Waals surface area contributed by atoms with Crippen molar-refractivity contribution in [3.63, 3.8) is 0 Å². The summed E-state index contributed by atoms with van der Waals surface area (Å²) in [5.41, 5.74) is 3.31. The highest BCUT2D eigenvalue weighted by atomic mass is 16.5. The lowest BCUT2D eigenvalue weighted by atomic mass is 9.81. The summed E-state index contributed by atoms with van der Waals surface area (Å²) < 4.78 is 5.53. The number of ether oxygens (including phenoxy) is 1. The number of hydrogen-bond donors (Lipinski definition) is 3. The van der Waals surface area contributed by atoms with Gasteiger partial charge in [-0.3, -0.25) is 10.2 Å². The van der Waals surface area contributed by atoms with E-state index in [1.54, 1.807) is 6.26 Å². The van der Waals surface area contributed by atoms with E-state index in [0.717, 1.165) is 31.4 Å². The maximum Gasteiger partial charge on any atom is 0.236 e. The van der Waals surface area contributed by atoms with Gasteiger partial charge >= 0.3 is 0 Å². The average molecular weight is 225 g/mol. The molecule has 1 heterocycles. The molecule has 0 aromatic rings. The quantitative estimate of drug-likeness (QED) is 0.365. The topological polar surface area (TPSA) is 76.4 Å². The second kappa shape index (κ2) is 4.74. The summed E-state index contributed by atoms with van der Waals surface area (Å²) in [5, 5.41) is 3.30. The molecule has 1 aliphatic carbocycles. The zero-order valence-corrected chi connectivity index (χ0v) is 9.53. The standard InChI is InChI=1S/C11H19N3O2/c1-7-6-16-11(13-7)9-4-2-8(3-5-9)10(15)14-12/h6,8-9,11,13H,2-5,12H2,1H3,(H,14,15). The van der Waals surface area contributed by atoms with Gasteiger partial charge in [-0.1, -0.05) is 0 Å². The first kappa shape index (κ1) is 11.3. The van der Waals surface area contributed by atoms with E-state index in [1.807, 2.05) is 6.92 Å². The van der Waals surface area contributed by atoms with Crippen LogP contribution < -0.4 is 16.6 Å². The van der Waals surface area contributed by atoms with Crippen molar-refractivity contribution >= 4 is 5.91 Å². The molecule has 4 N–H and O–H groups in total. The van der Waals surface area contributed by atoms with E-state index >= 15 is 0 Å². The summed E-state index contributed by atoms with van der Waals surface area (Å²) in [7, 11) is 0. The van der Waals surface area contributed by atoms with Crippen LogP contribution in [0.1, 0.15) is 32.6 Å². The van der Waals surface area contributed by atoms with Crippen molar-refractivity contribution in [2.24, 2.45) is 17.7 Å². The first-order valence-electron chi connectivity index (χ1n) is 5.80. The van der Waals surface area contributed by atoms with Gasteiger partial charge in [0.15, 0.2) is 6.23 Å². The SMILES string of the molecule is CC1=COC(C2CCC(C(=O)NN)CC2)N1. The number of nitrogens with one attached hydrogen (secondary N) is 2. The van der Waals surface area contributed by atoms with Crippen molar-refractivity contribution in [2.75, 3.05) is 0 Å². The third kappa shape index (κ3) is 2.29. The molecule has 1 amide bonds. The first-order chi connectivity index (χ1) is 7.70. The van der Waals surface area contributed by atoms with Crippen LogP contribution in [0.3, 0.4) is 0 Å². The largest absolute Gasteiger partial charge is 0.476 e. The number of hydrogen-bond acceptors (Lipinski definition) is 4. The monoisotopic (exact) mass is 225 g/mol. The average Bonchev–Trinajstić information content (AvgIpc) is 2.75. The fourth-order valence-electron chi connectivity index (χ4n) is 2.50. The Hall–Kier alpha value is -1.23. The highest BCUT2D eigenvalue weighted by molar-refractivity contribution is 5.77. The summed E-state index contributed by atoms with van der Waals surface area (Å²) in [6.07, 6.45) is 5.68. The summed E-state index contributed by atoms with van der Waals surface area (Å²) in [4.78, 5) is 11.4. The number of rotatable bonds is 2. The van der Waals surface area contributed by atoms with Crippen LogP contribution in [-0.2, 0) is 9.53 Å². The van der Waals surface area contributed by atoms with Crippen LogP contribution in [-0.4, -0.2) is 12.1 Å². The van der Waals surface area contributed by atoms with Gasteiger partial charge in [-0.05, 0) is 32.6 Å². The molecule has 1 atom stereocenters. The number of amides is 1. The lowest BCUT2D eigenvalue weighted by Gasteiger charge is -2.30. The minimum atomic E-state index is -0.0342. The Labute approximate surface area is 95.4 Å². The predicted octanol–water partition coefficient (Wildman–Crippen LogP) is 0.590. The predicted molar refractivity (Wildman–Crippen MR) is 59.5 cm³/mol. The van der Waals surface area contributed by atoms with Crippen molar-refractivity contribution in [1.29, 1.82) is 0 Å². The Morgan fingerprint density at radius 2 is 2.19 bits per heavy atom. The van der Waals surface area contributed by atoms with Crippen LogP contribution in [0.5, 0.6) is 0 Å². The van der Waals surface area contributed by atoms with Crippen molar-refractivity contribution in [2.45, 2.75) is 38.8 Å². The summed E-state index contributed by atoms with van der Waals surface area (Å²) in [5.74, 6) is 5.67. The number of carbonyl (C=O) groups is 1. The smallest absolute Gasteiger partial charge is 0.236 e. The first-order valence-corrected chi connectivity index (χ1v) is 5.80. The minimum absolute atomic E-state index is 0.0342. The van der Waals surface area contributed by atoms with Crippen LogP contribution >= 0.6 is 0 Å². The molecular formula is C11H19N3O2. The molecule has 5 nitrogen and oxygen atoms in total. The Balaban J connectivity index is 1.79. The molecule has 1 aliphatic heterocycles. The molecule has 16 heavy (non-hydrogen) atoms. The van der Waals surface area contributed by atoms with E-state index in [0.29, 0.717) is 5.92 Å². The number of allylic oxidation sites excluding steroid dienone is 1. The van der Waals surface area contributed by atoms with Crippen molar-refractivity contribution in [3.8, 4) is 0 Å². The summed E-state index contributed by atoms with van der Waals surface area (Å²) in [6.45, 7) is 1.99. The molecule has 5 heteroatoms. The zero-order chi connectivity index (χ0) is 11.5. The lowest BCUT2D eigenvalue weighted by molar-refractivity contribution is -0.126. The number of hydrazine groups is 1. The summed E-state index contributed by atoms with van der Waals surface area (Å²) in [6, 6.07) is 0. The van der Waals surface area contributed by atoms with Gasteiger partial charge in [0.25, 0.3) is 0 Å². The molecule has 0 radical (unpaired) electrons. The molecular weight excluding hydrogens is 206 g/mol. The van der Waals surface area contributed by atoms with Gasteiger partial charge in [0.2, 0.25) is 5.91 Å². The molecule has 1 unspecified atom stereocenters. The number of nitrogens with two attached hydrogens (primary N) is 1. The molecule has 0 aromatic carbocycles. The molecule has 1 fully saturated rings. The Kier molecular flexibility index (Phi) is 3.33. The van der Waals surface area contributed by atoms with Crippen molar-refractivity contribution in [3.05, 3.63) is 12.0 Å². The normalized spacial score (nSPS) is 33.6. The zero-order valence-electron chi connectivity index (χ0n) is 9.53. The van der Waals surface area contributed by atoms with Gasteiger partial charge in [0.1, 0.15) is 6.26 Å². The fraction of sp³-hybridized carbons (Fsp3) is 0.727. The van der Waals surface area contributed by atoms with E-state index in [4.69, 9.17) is 10.6 Å². The van der Waals surface area contributed by atoms with Gasteiger partial charge in [-0.2, -0.15) is 0 Å². The molecule has 0 bridgehead atoms. The fourth-order valence-corrected chi connectivity index (χ4v) is 2.50. The van der Waals surface area contributed by atoms with Crippen LogP contribution in [0.2, 0.25) is 0 Å². The second-order valence-electron chi connectivity index (χ2n) is 4.62. The molecule has 0 aromatic heterocycles. The van der Waals surface area contributed by atoms with Crippen LogP contribution in [0, 0.1) is 11.8 Å². The van der Waals surface area contributed by atoms with Gasteiger partial charge < -0.3 is 10.1 Å². The number of carbonyl (C=O) groups excluding carboxylic acids is 1. The Morgan fingerprint density at radius 3 is 2.69 bits per heavy atom. The van der Waals surface area contributed by atoms with Crippen molar-refractivity contribution in [1.82, 2.24) is 10.7 Å². The molecule has 1 saturated carbocycles. The van der Waals surface area contributed by atoms with Gasteiger partial charge in [0.05, 0.1) is 0 Å². The molecule has 2 aliphatic rings. The van der Waals surface area contributed by atoms with Crippen LogP contribution in [0.25, 0.3) is 0 Å². The maximum atomic E-state index is 11.4. The van der Waals surface area contributed by atoms with Crippen LogP contribution in [0.4, 0.5) is 0 Å². The minimum Gasteiger partial charge on any atom is -0.476 e. The van der Waals surface area contributed by atoms with Gasteiger partial charge in [0, 0.05) is 17.5 Å². The highest BCUT2D eigenvalue weighted by Gasteiger charge is 2.32. The van der Waals surface area contributed by atoms with E-state index < -0.39 is 0 Å². The second-order valence-corrected chi connectivity index (χ2v) is 4.62. The molecule has 2 rings (SSSR count).